The van der Waals surface area contributed by atoms with E-state index in [2.05, 4.69) is 15.5 Å². The maximum atomic E-state index is 12.6. The van der Waals surface area contributed by atoms with Gasteiger partial charge in [-0.2, -0.15) is 5.10 Å². The molecule has 0 bridgehead atoms. The lowest BCUT2D eigenvalue weighted by atomic mass is 10.2. The molecule has 0 spiro atoms. The van der Waals surface area contributed by atoms with E-state index in [0.29, 0.717) is 22.6 Å². The zero-order valence-electron chi connectivity index (χ0n) is 15.4. The number of carbonyl (C=O) groups is 1. The largest absolute Gasteiger partial charge is 0.493 e. The normalized spacial score (nSPS) is 11.2. The van der Waals surface area contributed by atoms with Crippen LogP contribution in [0.2, 0.25) is 0 Å². The van der Waals surface area contributed by atoms with E-state index in [1.165, 1.54) is 28.4 Å². The van der Waals surface area contributed by atoms with Crippen LogP contribution in [-0.2, 0) is 11.3 Å². The van der Waals surface area contributed by atoms with Crippen molar-refractivity contribution in [3.8, 4) is 5.75 Å². The molecule has 1 amide bonds. The zero-order valence-corrected chi connectivity index (χ0v) is 16.2. The second-order valence-electron chi connectivity index (χ2n) is 5.91. The molecule has 2 heterocycles. The summed E-state index contributed by atoms with van der Waals surface area (Å²) in [6.45, 7) is 6.13. The molecular formula is C19H20N4O3S. The fourth-order valence-corrected chi connectivity index (χ4v) is 3.61. The number of hydrogen-bond donors (Lipinski definition) is 1. The lowest BCUT2D eigenvalue weighted by Gasteiger charge is -2.06. The summed E-state index contributed by atoms with van der Waals surface area (Å²) in [6, 6.07) is 7.39. The second kappa shape index (κ2) is 8.13. The third-order valence-corrected chi connectivity index (χ3v) is 5.20. The van der Waals surface area contributed by atoms with Crippen molar-refractivity contribution in [2.75, 3.05) is 6.61 Å². The van der Waals surface area contributed by atoms with Crippen LogP contribution < -0.4 is 15.7 Å². The van der Waals surface area contributed by atoms with Crippen LogP contribution in [0, 0.1) is 13.8 Å². The SMILES string of the molecule is CCOc1ccccc1/C=N\NC(=O)Cn1cnc2sc(C)c(C)c2c1=O. The van der Waals surface area contributed by atoms with Crippen LogP contribution in [0.25, 0.3) is 10.2 Å². The number of carbonyl (C=O) groups excluding carboxylic acids is 1. The molecule has 3 rings (SSSR count). The average molecular weight is 384 g/mol. The minimum atomic E-state index is -0.409. The summed E-state index contributed by atoms with van der Waals surface area (Å²) in [5.74, 6) is 0.278. The minimum absolute atomic E-state index is 0.152. The van der Waals surface area contributed by atoms with Gasteiger partial charge in [0.15, 0.2) is 0 Å². The van der Waals surface area contributed by atoms with Crippen molar-refractivity contribution in [3.63, 3.8) is 0 Å². The van der Waals surface area contributed by atoms with E-state index < -0.39 is 5.91 Å². The topological polar surface area (TPSA) is 85.6 Å². The van der Waals surface area contributed by atoms with Gasteiger partial charge in [-0.3, -0.25) is 14.2 Å². The van der Waals surface area contributed by atoms with Crippen molar-refractivity contribution in [1.82, 2.24) is 15.0 Å². The molecule has 1 aromatic carbocycles. The van der Waals surface area contributed by atoms with E-state index >= 15 is 0 Å². The molecule has 0 radical (unpaired) electrons. The van der Waals surface area contributed by atoms with E-state index in [-0.39, 0.29) is 12.1 Å². The van der Waals surface area contributed by atoms with Crippen LogP contribution in [0.15, 0.2) is 40.5 Å². The number of nitrogens with one attached hydrogen (secondary N) is 1. The number of para-hydroxylation sites is 1. The highest BCUT2D eigenvalue weighted by molar-refractivity contribution is 7.18. The molecule has 3 aromatic rings. The summed E-state index contributed by atoms with van der Waals surface area (Å²) in [5, 5.41) is 4.53. The average Bonchev–Trinajstić information content (AvgIpc) is 2.94. The standard InChI is InChI=1S/C19H20N4O3S/c1-4-26-15-8-6-5-7-14(15)9-21-22-16(24)10-23-11-20-18-17(19(23)25)12(2)13(3)27-18/h5-9,11H,4,10H2,1-3H3,(H,22,24)/b21-9-. The summed E-state index contributed by atoms with van der Waals surface area (Å²) >= 11 is 1.48. The molecule has 7 nitrogen and oxygen atoms in total. The molecule has 0 aliphatic heterocycles. The molecular weight excluding hydrogens is 364 g/mol. The Hall–Kier alpha value is -3.00. The van der Waals surface area contributed by atoms with E-state index in [1.54, 1.807) is 0 Å². The number of hydrazone groups is 1. The fourth-order valence-electron chi connectivity index (χ4n) is 2.62. The highest BCUT2D eigenvalue weighted by Crippen LogP contribution is 2.25. The van der Waals surface area contributed by atoms with Gasteiger partial charge in [0.25, 0.3) is 11.5 Å². The van der Waals surface area contributed by atoms with Gasteiger partial charge in [-0.15, -0.1) is 11.3 Å². The molecule has 2 aromatic heterocycles. The lowest BCUT2D eigenvalue weighted by molar-refractivity contribution is -0.121. The quantitative estimate of drug-likeness (QED) is 0.523. The Balaban J connectivity index is 1.72. The van der Waals surface area contributed by atoms with Gasteiger partial charge in [0.05, 0.1) is 24.5 Å². The van der Waals surface area contributed by atoms with E-state index in [1.807, 2.05) is 45.0 Å². The Morgan fingerprint density at radius 3 is 2.93 bits per heavy atom. The van der Waals surface area contributed by atoms with Gasteiger partial charge in [0.2, 0.25) is 0 Å². The summed E-state index contributed by atoms with van der Waals surface area (Å²) in [7, 11) is 0. The highest BCUT2D eigenvalue weighted by Gasteiger charge is 2.13. The van der Waals surface area contributed by atoms with Crippen molar-refractivity contribution in [1.29, 1.82) is 0 Å². The number of benzene rings is 1. The van der Waals surface area contributed by atoms with Crippen LogP contribution in [0.4, 0.5) is 0 Å². The summed E-state index contributed by atoms with van der Waals surface area (Å²) in [4.78, 5) is 30.8. The van der Waals surface area contributed by atoms with Crippen LogP contribution in [-0.4, -0.2) is 28.3 Å². The predicted octanol–water partition coefficient (Wildman–Crippen LogP) is 2.62. The first-order valence-corrected chi connectivity index (χ1v) is 9.31. The number of rotatable bonds is 6. The van der Waals surface area contributed by atoms with E-state index in [4.69, 9.17) is 4.74 Å². The lowest BCUT2D eigenvalue weighted by Crippen LogP contribution is -2.30. The van der Waals surface area contributed by atoms with Gasteiger partial charge >= 0.3 is 0 Å². The maximum absolute atomic E-state index is 12.6. The predicted molar refractivity (Wildman–Crippen MR) is 107 cm³/mol. The maximum Gasteiger partial charge on any atom is 0.262 e. The third-order valence-electron chi connectivity index (χ3n) is 4.08. The number of thiophene rings is 1. The van der Waals surface area contributed by atoms with Gasteiger partial charge in [-0.1, -0.05) is 12.1 Å². The number of fused-ring (bicyclic) bond motifs is 1. The first-order valence-electron chi connectivity index (χ1n) is 8.50. The van der Waals surface area contributed by atoms with E-state index in [0.717, 1.165) is 16.0 Å². The number of ether oxygens (including phenoxy) is 1. The zero-order chi connectivity index (χ0) is 19.4. The highest BCUT2D eigenvalue weighted by atomic mass is 32.1. The Kier molecular flexibility index (Phi) is 5.66. The van der Waals surface area contributed by atoms with E-state index in [9.17, 15) is 9.59 Å². The van der Waals surface area contributed by atoms with Gasteiger partial charge in [-0.05, 0) is 38.5 Å². The smallest absolute Gasteiger partial charge is 0.262 e. The Morgan fingerprint density at radius 2 is 2.15 bits per heavy atom. The summed E-state index contributed by atoms with van der Waals surface area (Å²) in [5.41, 5.74) is 3.88. The molecule has 0 atom stereocenters. The first-order chi connectivity index (χ1) is 13.0. The summed E-state index contributed by atoms with van der Waals surface area (Å²) in [6.07, 6.45) is 2.91. The second-order valence-corrected chi connectivity index (χ2v) is 7.11. The Bertz CT molecular complexity index is 1070. The number of amides is 1. The van der Waals surface area contributed by atoms with Crippen LogP contribution >= 0.6 is 11.3 Å². The molecule has 0 saturated carbocycles. The monoisotopic (exact) mass is 384 g/mol. The van der Waals surface area contributed by atoms with Crippen molar-refractivity contribution >= 4 is 33.7 Å². The molecule has 0 unspecified atom stereocenters. The molecule has 140 valence electrons. The van der Waals surface area contributed by atoms with Crippen molar-refractivity contribution in [2.45, 2.75) is 27.3 Å². The number of nitrogens with zero attached hydrogens (tertiary/aromatic N) is 3. The molecule has 0 fully saturated rings. The number of hydrogen-bond acceptors (Lipinski definition) is 6. The minimum Gasteiger partial charge on any atom is -0.493 e. The molecule has 1 N–H and O–H groups in total. The first kappa shape index (κ1) is 18.8. The van der Waals surface area contributed by atoms with Crippen LogP contribution in [0.1, 0.15) is 22.9 Å². The third kappa shape index (κ3) is 4.06. The molecule has 8 heteroatoms. The van der Waals surface area contributed by atoms with Crippen LogP contribution in [0.5, 0.6) is 5.75 Å². The number of aromatic nitrogens is 2. The van der Waals surface area contributed by atoms with Gasteiger partial charge in [-0.25, -0.2) is 10.4 Å². The van der Waals surface area contributed by atoms with Gasteiger partial charge < -0.3 is 4.74 Å². The van der Waals surface area contributed by atoms with Crippen molar-refractivity contribution < 1.29 is 9.53 Å². The van der Waals surface area contributed by atoms with Crippen LogP contribution in [0.3, 0.4) is 0 Å². The molecule has 27 heavy (non-hydrogen) atoms. The van der Waals surface area contributed by atoms with Gasteiger partial charge in [0, 0.05) is 10.4 Å². The van der Waals surface area contributed by atoms with Gasteiger partial charge in [0.1, 0.15) is 17.1 Å². The molecule has 0 saturated heterocycles. The van der Waals surface area contributed by atoms with Crippen molar-refractivity contribution in [3.05, 3.63) is 57.0 Å². The Labute approximate surface area is 160 Å². The number of aryl methyl sites for hydroxylation is 2. The fraction of sp³-hybridized carbons (Fsp3) is 0.263. The molecule has 0 aliphatic rings. The Morgan fingerprint density at radius 1 is 1.37 bits per heavy atom. The molecule has 0 aliphatic carbocycles. The summed E-state index contributed by atoms with van der Waals surface area (Å²) < 4.78 is 6.80. The van der Waals surface area contributed by atoms with Crippen molar-refractivity contribution in [2.24, 2.45) is 5.10 Å².